The molecule has 18 heteroatoms. The van der Waals surface area contributed by atoms with E-state index in [9.17, 15) is 25.2 Å². The minimum atomic E-state index is -10.7. The van der Waals surface area contributed by atoms with E-state index in [-0.39, 0.29) is 10.7 Å². The van der Waals surface area contributed by atoms with Crippen molar-refractivity contribution in [2.24, 2.45) is 0 Å². The van der Waals surface area contributed by atoms with Crippen molar-refractivity contribution in [2.75, 3.05) is 36.3 Å². The number of hydrogen-bond acceptors (Lipinski definition) is 3. The summed E-state index contributed by atoms with van der Waals surface area (Å²) >= 11 is 22.6. The van der Waals surface area contributed by atoms with E-state index in [0.29, 0.717) is 6.04 Å². The van der Waals surface area contributed by atoms with Gasteiger partial charge in [0, 0.05) is 0 Å². The zero-order valence-corrected chi connectivity index (χ0v) is 41.2. The van der Waals surface area contributed by atoms with E-state index in [2.05, 4.69) is 109 Å². The van der Waals surface area contributed by atoms with Gasteiger partial charge in [0.05, 0.1) is 10.7 Å². The summed E-state index contributed by atoms with van der Waals surface area (Å²) in [6.07, 6.45) is 21.5. The van der Waals surface area contributed by atoms with Gasteiger partial charge >= 0.3 is 334 Å². The number of alkyl halides is 4. The van der Waals surface area contributed by atoms with Crippen molar-refractivity contribution in [2.45, 2.75) is 110 Å². The van der Waals surface area contributed by atoms with Crippen LogP contribution in [0.4, 0.5) is 36.6 Å². The van der Waals surface area contributed by atoms with Gasteiger partial charge in [-0.2, -0.15) is 0 Å². The van der Waals surface area contributed by atoms with Gasteiger partial charge in [-0.1, -0.05) is 0 Å². The van der Waals surface area contributed by atoms with Crippen LogP contribution in [-0.4, -0.2) is 56.2 Å². The third-order valence-corrected chi connectivity index (χ3v) is 11.8. The van der Waals surface area contributed by atoms with Gasteiger partial charge in [-0.3, -0.25) is 0 Å². The van der Waals surface area contributed by atoms with Gasteiger partial charge in [0.2, 0.25) is 0 Å². The van der Waals surface area contributed by atoms with Crippen LogP contribution in [0.2, 0.25) is 0 Å². The van der Waals surface area contributed by atoms with Gasteiger partial charge in [-0.05, 0) is 0 Å². The second-order valence-corrected chi connectivity index (χ2v) is 19.4. The number of fused-ring (bicyclic) bond motifs is 4. The fourth-order valence-corrected chi connectivity index (χ4v) is 9.43. The molecule has 0 amide bonds. The van der Waals surface area contributed by atoms with Gasteiger partial charge in [0.15, 0.2) is 0 Å². The average Bonchev–Trinajstić information content (AvgIpc) is 3.59. The Balaban J connectivity index is 0.000000573. The Morgan fingerprint density at radius 2 is 1.18 bits per heavy atom. The first-order chi connectivity index (χ1) is 29.4. The molecule has 2 aliphatic rings. The van der Waals surface area contributed by atoms with Crippen molar-refractivity contribution < 1.29 is 39.2 Å². The summed E-state index contributed by atoms with van der Waals surface area (Å²) in [4.78, 5) is 2.51. The van der Waals surface area contributed by atoms with Crippen LogP contribution in [0.3, 0.4) is 0 Å². The summed E-state index contributed by atoms with van der Waals surface area (Å²) in [5.41, 5.74) is 8.42. The monoisotopic (exact) mass is 1040 g/mol. The molecule has 0 N–H and O–H groups in total. The van der Waals surface area contributed by atoms with Gasteiger partial charge < -0.3 is 0 Å². The molecule has 7 rings (SSSR count). The Labute approximate surface area is 389 Å². The first-order valence-electron chi connectivity index (χ1n) is 20.9. The number of benzene rings is 3. The van der Waals surface area contributed by atoms with Crippen LogP contribution in [0.5, 0.6) is 11.5 Å². The molecule has 0 spiro atoms. The molecule has 0 radical (unpaired) electrons. The molecule has 6 nitrogen and oxygen atoms in total. The molecule has 1 aliphatic heterocycles. The predicted octanol–water partition coefficient (Wildman–Crippen LogP) is 16.6. The molecule has 0 unspecified atom stereocenters. The summed E-state index contributed by atoms with van der Waals surface area (Å²) < 4.78 is 80.2. The van der Waals surface area contributed by atoms with Crippen LogP contribution >= 0.6 is 54.2 Å². The Bertz CT molecular complexity index is 2290. The van der Waals surface area contributed by atoms with Crippen molar-refractivity contribution in [3.8, 4) is 28.3 Å². The maximum atomic E-state index is 9.87. The van der Waals surface area contributed by atoms with E-state index >= 15 is 0 Å². The number of ether oxygens (including phenoxy) is 2. The Morgan fingerprint density at radius 3 is 1.71 bits per heavy atom. The fraction of sp³-hybridized carbons (Fsp3) is 0.500. The van der Waals surface area contributed by atoms with Gasteiger partial charge in [-0.25, -0.2) is 0 Å². The molecular weight excluding hydrogens is 982 g/mol. The molecule has 3 heterocycles. The normalized spacial score (nSPS) is 15.8. The number of rotatable bonds is 8. The third kappa shape index (κ3) is 13.8. The summed E-state index contributed by atoms with van der Waals surface area (Å²) in [7, 11) is -7.07. The average molecular weight is 1040 g/mol. The number of pyridine rings is 1. The number of methoxy groups -OCH3 is 2. The molecule has 1 fully saturated rings. The van der Waals surface area contributed by atoms with Crippen LogP contribution in [0, 0.1) is 4.32 Å². The zero-order chi connectivity index (χ0) is 45.7. The molecule has 3 aromatic carbocycles. The standard InChI is InChI=1S/C42H53N4O2Se.2CH2Cl2.F6P/c1-5-26-44-31-20-16-22-35(47-3)37(31)40-38-32(21-17-23-36(38)48-4)45(27-6-2)41-34(25-24-33(44)39(40)41)46-29-28-43(42(46)49)30-18-14-12-10-8-7-9-11-13-15-19-30;2*2-1-3;1-7(2,3,4,5)6/h16-17,20-25,28-30H,5-15,18-19,26-27H2,1-4H3;2*1H2;/q+1;;;-1. The van der Waals surface area contributed by atoms with E-state index in [1.165, 1.54) is 114 Å². The zero-order valence-electron chi connectivity index (χ0n) is 35.6. The van der Waals surface area contributed by atoms with Crippen molar-refractivity contribution in [1.29, 1.82) is 0 Å². The molecule has 1 aliphatic carbocycles. The molecule has 62 heavy (non-hydrogen) atoms. The summed E-state index contributed by atoms with van der Waals surface area (Å²) in [6, 6.07) is 18.2. The van der Waals surface area contributed by atoms with Crippen molar-refractivity contribution in [3.05, 3.63) is 65.2 Å². The summed E-state index contributed by atoms with van der Waals surface area (Å²) in [5, 5.41) is 2.80. The number of anilines is 2. The predicted molar refractivity (Wildman–Crippen MR) is 251 cm³/mol. The van der Waals surface area contributed by atoms with E-state index in [0.717, 1.165) is 48.4 Å². The topological polar surface area (TPSA) is 35.4 Å². The number of hydrogen-bond donors (Lipinski definition) is 0. The van der Waals surface area contributed by atoms with E-state index in [4.69, 9.17) is 55.9 Å². The first-order valence-corrected chi connectivity index (χ1v) is 26.0. The van der Waals surface area contributed by atoms with Crippen LogP contribution in [0.25, 0.3) is 38.6 Å². The molecule has 0 bridgehead atoms. The molecule has 2 aromatic heterocycles. The Hall–Kier alpha value is -2.37. The van der Waals surface area contributed by atoms with Crippen LogP contribution in [0.1, 0.15) is 103 Å². The number of imidazole rings is 1. The molecule has 5 aromatic rings. The van der Waals surface area contributed by atoms with Gasteiger partial charge in [-0.15, -0.1) is 46.4 Å². The Kier molecular flexibility index (Phi) is 19.1. The second-order valence-electron chi connectivity index (χ2n) is 15.1. The Morgan fingerprint density at radius 1 is 0.661 bits per heavy atom. The molecule has 0 saturated heterocycles. The van der Waals surface area contributed by atoms with Crippen LogP contribution in [-0.2, 0) is 6.54 Å². The number of aromatic nitrogens is 3. The SMILES string of the molecule is CCCN1c2cccc(OC)c2-c2c3c(OC)cccc3[n+](CCC)c3c(-n4ccn(C5CCCCCCCCCCC5)c4=[Se])ccc1c23.ClCCl.ClCCl.F[P-](F)(F)(F)(F)F. The molecule has 346 valence electrons. The van der Waals surface area contributed by atoms with E-state index in [1.807, 2.05) is 0 Å². The van der Waals surface area contributed by atoms with Gasteiger partial charge in [0.25, 0.3) is 0 Å². The van der Waals surface area contributed by atoms with Crippen molar-refractivity contribution in [3.63, 3.8) is 0 Å². The molecular formula is C44H57Cl4F6N4O2PSe. The quantitative estimate of drug-likeness (QED) is 0.0388. The summed E-state index contributed by atoms with van der Waals surface area (Å²) in [5.74, 6) is 1.78. The van der Waals surface area contributed by atoms with E-state index in [1.54, 1.807) is 14.2 Å². The van der Waals surface area contributed by atoms with Crippen LogP contribution < -0.4 is 18.9 Å². The van der Waals surface area contributed by atoms with Crippen LogP contribution in [0.15, 0.2) is 60.9 Å². The molecule has 1 saturated carbocycles. The van der Waals surface area contributed by atoms with E-state index < -0.39 is 7.81 Å². The van der Waals surface area contributed by atoms with Gasteiger partial charge in [0.1, 0.15) is 0 Å². The summed E-state index contributed by atoms with van der Waals surface area (Å²) in [6.45, 7) is 6.37. The maximum absolute atomic E-state index is 10.7. The number of nitrogens with zero attached hydrogens (tertiary/aromatic N) is 4. The molecule has 0 atom stereocenters. The first kappa shape index (κ1) is 52.3. The fourth-order valence-electron chi connectivity index (χ4n) is 8.66. The van der Waals surface area contributed by atoms with Crippen molar-refractivity contribution in [1.82, 2.24) is 9.13 Å². The number of aryl methyl sites for hydroxylation is 1. The third-order valence-electron chi connectivity index (χ3n) is 10.9. The second kappa shape index (κ2) is 22.7. The number of halogens is 10. The van der Waals surface area contributed by atoms with Crippen molar-refractivity contribution >= 4 is 103 Å². The minimum absolute atomic E-state index is 0.194.